The van der Waals surface area contributed by atoms with E-state index in [1.807, 2.05) is 0 Å². The van der Waals surface area contributed by atoms with Crippen molar-refractivity contribution in [3.8, 4) is 0 Å². The first-order valence-corrected chi connectivity index (χ1v) is 9.14. The summed E-state index contributed by atoms with van der Waals surface area (Å²) in [5.74, 6) is 0.777. The molecule has 0 aromatic heterocycles. The Morgan fingerprint density at radius 3 is 1.26 bits per heavy atom. The topological polar surface area (TPSA) is 149 Å². The molecule has 0 aromatic rings. The van der Waals surface area contributed by atoms with Gasteiger partial charge in [0.15, 0.2) is 0 Å². The van der Waals surface area contributed by atoms with Gasteiger partial charge in [-0.3, -0.25) is 9.11 Å². The molecule has 19 heavy (non-hydrogen) atoms. The quantitative estimate of drug-likeness (QED) is 0.503. The van der Waals surface area contributed by atoms with Gasteiger partial charge in [0.1, 0.15) is 0 Å². The molecule has 8 nitrogen and oxygen atoms in total. The predicted octanol–water partition coefficient (Wildman–Crippen LogP) is -0.605. The maximum atomic E-state index is 9.19. The van der Waals surface area contributed by atoms with Gasteiger partial charge in [0.05, 0.1) is 12.5 Å². The Morgan fingerprint density at radius 1 is 0.947 bits per heavy atom. The summed E-state index contributed by atoms with van der Waals surface area (Å²) >= 11 is 0. The SMILES string of the molecule is CS(=O)(=O)O.CS(=O)(=O)O.OCC(CO)C1CCC1. The number of rotatable bonds is 3. The highest BCUT2D eigenvalue weighted by Crippen LogP contribution is 2.32. The summed E-state index contributed by atoms with van der Waals surface area (Å²) in [7, 11) is -7.33. The number of hydrogen-bond acceptors (Lipinski definition) is 6. The molecule has 0 atom stereocenters. The molecule has 0 aliphatic heterocycles. The molecular formula is C9H22O8S2. The van der Waals surface area contributed by atoms with Gasteiger partial charge in [-0.1, -0.05) is 19.3 Å². The Bertz CT molecular complexity index is 360. The van der Waals surface area contributed by atoms with Crippen LogP contribution in [-0.2, 0) is 20.2 Å². The first-order valence-electron chi connectivity index (χ1n) is 5.45. The van der Waals surface area contributed by atoms with E-state index in [0.29, 0.717) is 18.4 Å². The second-order valence-electron chi connectivity index (χ2n) is 4.28. The summed E-state index contributed by atoms with van der Waals surface area (Å²) in [6.45, 7) is 0.308. The van der Waals surface area contributed by atoms with Crippen LogP contribution in [0.3, 0.4) is 0 Å². The first-order chi connectivity index (χ1) is 8.38. The minimum atomic E-state index is -3.67. The molecule has 0 bridgehead atoms. The molecule has 1 aliphatic rings. The third-order valence-electron chi connectivity index (χ3n) is 2.29. The number of aliphatic hydroxyl groups excluding tert-OH is 2. The second-order valence-corrected chi connectivity index (χ2v) is 7.21. The summed E-state index contributed by atoms with van der Waals surface area (Å²) in [4.78, 5) is 0. The van der Waals surface area contributed by atoms with Crippen molar-refractivity contribution in [2.45, 2.75) is 19.3 Å². The Labute approximate surface area is 114 Å². The first kappa shape index (κ1) is 21.0. The van der Waals surface area contributed by atoms with Crippen LogP contribution in [0.5, 0.6) is 0 Å². The molecule has 1 rings (SSSR count). The lowest BCUT2D eigenvalue weighted by molar-refractivity contribution is 0.0706. The molecule has 4 N–H and O–H groups in total. The van der Waals surface area contributed by atoms with Crippen molar-refractivity contribution in [1.82, 2.24) is 0 Å². The fraction of sp³-hybridized carbons (Fsp3) is 1.00. The summed E-state index contributed by atoms with van der Waals surface area (Å²) in [5.41, 5.74) is 0. The highest BCUT2D eigenvalue weighted by atomic mass is 32.2. The van der Waals surface area contributed by atoms with Crippen molar-refractivity contribution < 1.29 is 36.2 Å². The molecule has 1 saturated carbocycles. The van der Waals surface area contributed by atoms with Gasteiger partial charge < -0.3 is 10.2 Å². The van der Waals surface area contributed by atoms with Gasteiger partial charge in [-0.25, -0.2) is 0 Å². The molecule has 0 aromatic carbocycles. The van der Waals surface area contributed by atoms with Gasteiger partial charge in [-0.15, -0.1) is 0 Å². The molecule has 0 spiro atoms. The summed E-state index contributed by atoms with van der Waals surface area (Å²) in [6, 6.07) is 0. The van der Waals surface area contributed by atoms with E-state index in [1.165, 1.54) is 19.3 Å². The van der Waals surface area contributed by atoms with Gasteiger partial charge in [0.2, 0.25) is 0 Å². The van der Waals surface area contributed by atoms with E-state index in [-0.39, 0.29) is 19.1 Å². The Hall–Kier alpha value is -0.260. The van der Waals surface area contributed by atoms with Gasteiger partial charge >= 0.3 is 0 Å². The van der Waals surface area contributed by atoms with Crippen LogP contribution in [0, 0.1) is 11.8 Å². The van der Waals surface area contributed by atoms with E-state index >= 15 is 0 Å². The van der Waals surface area contributed by atoms with E-state index in [0.717, 1.165) is 0 Å². The standard InChI is InChI=1S/C7H14O2.2CH4O3S/c8-4-7(5-9)6-2-1-3-6;2*1-5(2,3)4/h6-9H,1-5H2;2*1H3,(H,2,3,4). The maximum Gasteiger partial charge on any atom is 0.261 e. The van der Waals surface area contributed by atoms with Crippen molar-refractivity contribution >= 4 is 20.2 Å². The van der Waals surface area contributed by atoms with Crippen LogP contribution in [0.4, 0.5) is 0 Å². The summed E-state index contributed by atoms with van der Waals surface area (Å²) in [6.07, 6.45) is 5.11. The van der Waals surface area contributed by atoms with Crippen LogP contribution in [0.25, 0.3) is 0 Å². The fourth-order valence-electron chi connectivity index (χ4n) is 1.27. The zero-order valence-corrected chi connectivity index (χ0v) is 12.6. The van der Waals surface area contributed by atoms with E-state index in [1.54, 1.807) is 0 Å². The molecule has 0 heterocycles. The zero-order valence-electron chi connectivity index (χ0n) is 10.9. The smallest absolute Gasteiger partial charge is 0.261 e. The lowest BCUT2D eigenvalue weighted by Gasteiger charge is -2.31. The minimum absolute atomic E-state index is 0.154. The van der Waals surface area contributed by atoms with Crippen molar-refractivity contribution in [3.63, 3.8) is 0 Å². The lowest BCUT2D eigenvalue weighted by atomic mass is 9.76. The van der Waals surface area contributed by atoms with E-state index < -0.39 is 20.2 Å². The predicted molar refractivity (Wildman–Crippen MR) is 69.9 cm³/mol. The minimum Gasteiger partial charge on any atom is -0.396 e. The molecule has 0 amide bonds. The third-order valence-corrected chi connectivity index (χ3v) is 2.29. The third kappa shape index (κ3) is 23.3. The molecule has 10 heteroatoms. The van der Waals surface area contributed by atoms with Crippen molar-refractivity contribution in [2.75, 3.05) is 25.7 Å². The van der Waals surface area contributed by atoms with Crippen LogP contribution in [0.15, 0.2) is 0 Å². The molecule has 0 radical (unpaired) electrons. The van der Waals surface area contributed by atoms with Gasteiger partial charge in [0, 0.05) is 19.1 Å². The van der Waals surface area contributed by atoms with Crippen molar-refractivity contribution in [3.05, 3.63) is 0 Å². The number of hydrogen-bond donors (Lipinski definition) is 4. The van der Waals surface area contributed by atoms with E-state index in [9.17, 15) is 16.8 Å². The van der Waals surface area contributed by atoms with Crippen LogP contribution in [-0.4, -0.2) is 61.9 Å². The van der Waals surface area contributed by atoms with Crippen LogP contribution < -0.4 is 0 Å². The Morgan fingerprint density at radius 2 is 1.21 bits per heavy atom. The summed E-state index contributed by atoms with van der Waals surface area (Å²) < 4.78 is 51.7. The molecular weight excluding hydrogens is 300 g/mol. The highest BCUT2D eigenvalue weighted by molar-refractivity contribution is 7.85. The maximum absolute atomic E-state index is 9.19. The Kier molecular flexibility index (Phi) is 10.6. The lowest BCUT2D eigenvalue weighted by Crippen LogP contribution is -2.27. The Balaban J connectivity index is 0. The largest absolute Gasteiger partial charge is 0.396 e. The van der Waals surface area contributed by atoms with Gasteiger partial charge in [-0.2, -0.15) is 16.8 Å². The van der Waals surface area contributed by atoms with Gasteiger partial charge in [0.25, 0.3) is 20.2 Å². The molecule has 0 unspecified atom stereocenters. The van der Waals surface area contributed by atoms with Gasteiger partial charge in [-0.05, 0) is 5.92 Å². The monoisotopic (exact) mass is 322 g/mol. The average molecular weight is 322 g/mol. The van der Waals surface area contributed by atoms with Crippen LogP contribution >= 0.6 is 0 Å². The average Bonchev–Trinajstić information content (AvgIpc) is 2.04. The van der Waals surface area contributed by atoms with E-state index in [4.69, 9.17) is 19.3 Å². The summed E-state index contributed by atoms with van der Waals surface area (Å²) in [5, 5.41) is 17.4. The molecule has 1 aliphatic carbocycles. The number of aliphatic hydroxyl groups is 2. The van der Waals surface area contributed by atoms with Crippen molar-refractivity contribution in [1.29, 1.82) is 0 Å². The normalized spacial score (nSPS) is 15.7. The molecule has 118 valence electrons. The van der Waals surface area contributed by atoms with Crippen molar-refractivity contribution in [2.24, 2.45) is 11.8 Å². The van der Waals surface area contributed by atoms with Crippen LogP contribution in [0.2, 0.25) is 0 Å². The fourth-order valence-corrected chi connectivity index (χ4v) is 1.27. The molecule has 0 saturated heterocycles. The van der Waals surface area contributed by atoms with Crippen LogP contribution in [0.1, 0.15) is 19.3 Å². The zero-order chi connectivity index (χ0) is 15.7. The second kappa shape index (κ2) is 9.61. The molecule has 1 fully saturated rings. The van der Waals surface area contributed by atoms with E-state index in [2.05, 4.69) is 0 Å². The highest BCUT2D eigenvalue weighted by Gasteiger charge is 2.25.